The predicted molar refractivity (Wildman–Crippen MR) is 83.2 cm³/mol. The molecule has 21 heavy (non-hydrogen) atoms. The van der Waals surface area contributed by atoms with Gasteiger partial charge in [0.1, 0.15) is 0 Å². The zero-order valence-electron chi connectivity index (χ0n) is 12.2. The quantitative estimate of drug-likeness (QED) is 0.839. The molecule has 0 radical (unpaired) electrons. The van der Waals surface area contributed by atoms with Gasteiger partial charge in [-0.25, -0.2) is 0 Å². The van der Waals surface area contributed by atoms with E-state index >= 15 is 0 Å². The normalized spacial score (nSPS) is 29.0. The lowest BCUT2D eigenvalue weighted by Gasteiger charge is -2.34. The summed E-state index contributed by atoms with van der Waals surface area (Å²) in [7, 11) is 0. The number of hydrogen-bond acceptors (Lipinski definition) is 5. The van der Waals surface area contributed by atoms with E-state index in [2.05, 4.69) is 26.1 Å². The molecule has 114 valence electrons. The van der Waals surface area contributed by atoms with Crippen molar-refractivity contribution in [3.05, 3.63) is 11.2 Å². The first-order valence-corrected chi connectivity index (χ1v) is 8.36. The van der Waals surface area contributed by atoms with Gasteiger partial charge in [-0.3, -0.25) is 0 Å². The summed E-state index contributed by atoms with van der Waals surface area (Å²) in [5.74, 6) is 0.945. The number of piperidine rings is 1. The SMILES string of the molecule is Clc1nnc(N2CC3CCC(C2)O3)cc1N1CCCCC1. The van der Waals surface area contributed by atoms with Crippen LogP contribution in [0.15, 0.2) is 6.07 Å². The molecular formula is C15H21ClN4O. The van der Waals surface area contributed by atoms with Gasteiger partial charge in [-0.05, 0) is 32.1 Å². The molecule has 4 heterocycles. The first kappa shape index (κ1) is 13.6. The van der Waals surface area contributed by atoms with Crippen LogP contribution in [0.4, 0.5) is 11.5 Å². The maximum absolute atomic E-state index is 6.28. The molecule has 3 aliphatic heterocycles. The van der Waals surface area contributed by atoms with Crippen LogP contribution in [0.5, 0.6) is 0 Å². The lowest BCUT2D eigenvalue weighted by Crippen LogP contribution is -2.43. The number of nitrogens with zero attached hydrogens (tertiary/aromatic N) is 4. The van der Waals surface area contributed by atoms with Crippen molar-refractivity contribution < 1.29 is 4.74 Å². The van der Waals surface area contributed by atoms with E-state index in [1.807, 2.05) is 0 Å². The van der Waals surface area contributed by atoms with Crippen molar-refractivity contribution in [1.29, 1.82) is 0 Å². The zero-order chi connectivity index (χ0) is 14.2. The van der Waals surface area contributed by atoms with Gasteiger partial charge in [0.05, 0.1) is 17.9 Å². The second kappa shape index (κ2) is 5.61. The molecule has 6 heteroatoms. The molecule has 3 fully saturated rings. The molecule has 2 bridgehead atoms. The Labute approximate surface area is 130 Å². The third-order valence-corrected chi connectivity index (χ3v) is 5.05. The molecule has 2 atom stereocenters. The summed E-state index contributed by atoms with van der Waals surface area (Å²) >= 11 is 6.28. The fraction of sp³-hybridized carbons (Fsp3) is 0.733. The maximum atomic E-state index is 6.28. The van der Waals surface area contributed by atoms with Crippen molar-refractivity contribution in [2.24, 2.45) is 0 Å². The van der Waals surface area contributed by atoms with Crippen LogP contribution in [0.2, 0.25) is 5.15 Å². The topological polar surface area (TPSA) is 41.5 Å². The van der Waals surface area contributed by atoms with Crippen molar-refractivity contribution in [2.75, 3.05) is 36.0 Å². The maximum Gasteiger partial charge on any atom is 0.175 e. The largest absolute Gasteiger partial charge is 0.371 e. The molecule has 4 rings (SSSR count). The Bertz CT molecular complexity index is 508. The lowest BCUT2D eigenvalue weighted by atomic mass is 10.1. The summed E-state index contributed by atoms with van der Waals surface area (Å²) in [6.07, 6.45) is 6.83. The molecule has 0 aliphatic carbocycles. The molecule has 1 aromatic rings. The van der Waals surface area contributed by atoms with Gasteiger partial charge >= 0.3 is 0 Å². The lowest BCUT2D eigenvalue weighted by molar-refractivity contribution is 0.0302. The summed E-state index contributed by atoms with van der Waals surface area (Å²) < 4.78 is 5.89. The fourth-order valence-electron chi connectivity index (χ4n) is 3.67. The zero-order valence-corrected chi connectivity index (χ0v) is 12.9. The van der Waals surface area contributed by atoms with Crippen LogP contribution >= 0.6 is 11.6 Å². The van der Waals surface area contributed by atoms with E-state index in [4.69, 9.17) is 16.3 Å². The number of hydrogen-bond donors (Lipinski definition) is 0. The second-order valence-corrected chi connectivity index (χ2v) is 6.65. The molecule has 0 amide bonds. The van der Waals surface area contributed by atoms with Crippen LogP contribution in [-0.2, 0) is 4.74 Å². The Hall–Kier alpha value is -1.07. The molecule has 3 saturated heterocycles. The minimum atomic E-state index is 0.361. The number of aromatic nitrogens is 2. The molecule has 5 nitrogen and oxygen atoms in total. The standard InChI is InChI=1S/C15H21ClN4O/c16-15-13(19-6-2-1-3-7-19)8-14(17-18-15)20-9-11-4-5-12(10-20)21-11/h8,11-12H,1-7,9-10H2. The van der Waals surface area contributed by atoms with Gasteiger partial charge in [-0.1, -0.05) is 11.6 Å². The van der Waals surface area contributed by atoms with Crippen molar-refractivity contribution in [2.45, 2.75) is 44.3 Å². The number of halogens is 1. The smallest absolute Gasteiger partial charge is 0.175 e. The average Bonchev–Trinajstić information content (AvgIpc) is 2.87. The Morgan fingerprint density at radius 1 is 1.00 bits per heavy atom. The minimum Gasteiger partial charge on any atom is -0.371 e. The van der Waals surface area contributed by atoms with E-state index in [0.29, 0.717) is 17.4 Å². The highest BCUT2D eigenvalue weighted by Gasteiger charge is 2.34. The van der Waals surface area contributed by atoms with Crippen LogP contribution in [0.25, 0.3) is 0 Å². The van der Waals surface area contributed by atoms with E-state index in [1.165, 1.54) is 32.1 Å². The Morgan fingerprint density at radius 2 is 1.71 bits per heavy atom. The van der Waals surface area contributed by atoms with Gasteiger partial charge in [-0.2, -0.15) is 0 Å². The van der Waals surface area contributed by atoms with Crippen molar-refractivity contribution in [3.8, 4) is 0 Å². The van der Waals surface area contributed by atoms with Crippen LogP contribution in [0, 0.1) is 0 Å². The van der Waals surface area contributed by atoms with E-state index in [0.717, 1.165) is 37.7 Å². The summed E-state index contributed by atoms with van der Waals surface area (Å²) in [6, 6.07) is 2.12. The number of morpholine rings is 1. The Balaban J connectivity index is 1.58. The van der Waals surface area contributed by atoms with Gasteiger partial charge < -0.3 is 14.5 Å². The van der Waals surface area contributed by atoms with Crippen molar-refractivity contribution in [1.82, 2.24) is 10.2 Å². The van der Waals surface area contributed by atoms with E-state index in [-0.39, 0.29) is 0 Å². The molecule has 2 unspecified atom stereocenters. The molecule has 0 spiro atoms. The molecule has 0 saturated carbocycles. The average molecular weight is 309 g/mol. The molecule has 0 aromatic carbocycles. The van der Waals surface area contributed by atoms with Gasteiger partial charge in [0, 0.05) is 32.2 Å². The van der Waals surface area contributed by atoms with Gasteiger partial charge in [0.15, 0.2) is 11.0 Å². The van der Waals surface area contributed by atoms with Crippen LogP contribution in [0.1, 0.15) is 32.1 Å². The van der Waals surface area contributed by atoms with Crippen LogP contribution < -0.4 is 9.80 Å². The molecule has 0 N–H and O–H groups in total. The van der Waals surface area contributed by atoms with E-state index in [9.17, 15) is 0 Å². The Kier molecular flexibility index (Phi) is 3.63. The van der Waals surface area contributed by atoms with E-state index in [1.54, 1.807) is 0 Å². The highest BCUT2D eigenvalue weighted by molar-refractivity contribution is 6.32. The first-order valence-electron chi connectivity index (χ1n) is 7.98. The summed E-state index contributed by atoms with van der Waals surface area (Å²) in [4.78, 5) is 4.65. The Morgan fingerprint density at radius 3 is 2.43 bits per heavy atom. The van der Waals surface area contributed by atoms with Gasteiger partial charge in [0.25, 0.3) is 0 Å². The second-order valence-electron chi connectivity index (χ2n) is 6.29. The third kappa shape index (κ3) is 2.69. The first-order chi connectivity index (χ1) is 10.3. The third-order valence-electron chi connectivity index (χ3n) is 4.78. The monoisotopic (exact) mass is 308 g/mol. The number of fused-ring (bicyclic) bond motifs is 2. The number of rotatable bonds is 2. The predicted octanol–water partition coefficient (Wildman–Crippen LogP) is 2.49. The van der Waals surface area contributed by atoms with Gasteiger partial charge in [-0.15, -0.1) is 10.2 Å². The number of anilines is 2. The summed E-state index contributed by atoms with van der Waals surface area (Å²) in [6.45, 7) is 3.98. The molecular weight excluding hydrogens is 288 g/mol. The summed E-state index contributed by atoms with van der Waals surface area (Å²) in [5, 5.41) is 9.03. The van der Waals surface area contributed by atoms with Crippen LogP contribution in [-0.4, -0.2) is 48.6 Å². The summed E-state index contributed by atoms with van der Waals surface area (Å²) in [5.41, 5.74) is 1.04. The van der Waals surface area contributed by atoms with Crippen LogP contribution in [0.3, 0.4) is 0 Å². The van der Waals surface area contributed by atoms with Crippen molar-refractivity contribution >= 4 is 23.1 Å². The highest BCUT2D eigenvalue weighted by Crippen LogP contribution is 2.32. The molecule has 1 aromatic heterocycles. The fourth-order valence-corrected chi connectivity index (χ4v) is 3.88. The number of ether oxygens (including phenoxy) is 1. The minimum absolute atomic E-state index is 0.361. The molecule has 3 aliphatic rings. The van der Waals surface area contributed by atoms with E-state index < -0.39 is 0 Å². The van der Waals surface area contributed by atoms with Gasteiger partial charge in [0.2, 0.25) is 0 Å². The highest BCUT2D eigenvalue weighted by atomic mass is 35.5. The van der Waals surface area contributed by atoms with Crippen molar-refractivity contribution in [3.63, 3.8) is 0 Å².